The molecule has 0 unspecified atom stereocenters. The van der Waals surface area contributed by atoms with Crippen molar-refractivity contribution in [1.29, 1.82) is 0 Å². The second-order valence-electron chi connectivity index (χ2n) is 4.19. The van der Waals surface area contributed by atoms with Crippen LogP contribution >= 0.6 is 11.3 Å². The topological polar surface area (TPSA) is 22.1 Å². The number of hydrogen-bond donors (Lipinski definition) is 0. The zero-order valence-corrected chi connectivity index (χ0v) is 11.4. The molecule has 0 amide bonds. The van der Waals surface area contributed by atoms with E-state index in [0.717, 1.165) is 22.4 Å². The summed E-state index contributed by atoms with van der Waals surface area (Å²) in [5.41, 5.74) is 5.25. The van der Waals surface area contributed by atoms with Crippen LogP contribution in [0.3, 0.4) is 0 Å². The van der Waals surface area contributed by atoms with Gasteiger partial charge >= 0.3 is 0 Å². The zero-order chi connectivity index (χ0) is 13.1. The van der Waals surface area contributed by atoms with Gasteiger partial charge in [0.2, 0.25) is 0 Å². The molecule has 19 heavy (non-hydrogen) atoms. The van der Waals surface area contributed by atoms with Crippen LogP contribution in [0.1, 0.15) is 11.1 Å². The van der Waals surface area contributed by atoms with Gasteiger partial charge in [-0.25, -0.2) is 4.98 Å². The molecule has 1 aromatic heterocycles. The molecule has 0 fully saturated rings. The quantitative estimate of drug-likeness (QED) is 0.653. The van der Waals surface area contributed by atoms with Crippen molar-refractivity contribution in [1.82, 2.24) is 4.98 Å². The highest BCUT2D eigenvalue weighted by atomic mass is 32.1. The van der Waals surface area contributed by atoms with Gasteiger partial charge in [0.05, 0.1) is 22.8 Å². The Hall–Kier alpha value is -2.13. The van der Waals surface area contributed by atoms with E-state index in [1.807, 2.05) is 29.8 Å². The van der Waals surface area contributed by atoms with Crippen molar-refractivity contribution in [2.75, 3.05) is 7.11 Å². The number of benzene rings is 2. The Labute approximate surface area is 116 Å². The molecule has 0 aliphatic rings. The summed E-state index contributed by atoms with van der Waals surface area (Å²) in [4.78, 5) is 4.33. The molecular formula is C16H13NOS. The molecule has 2 nitrogen and oxygen atoms in total. The smallest absolute Gasteiger partial charge is 0.118 e. The maximum atomic E-state index is 5.14. The Morgan fingerprint density at radius 2 is 1.74 bits per heavy atom. The first-order valence-corrected chi connectivity index (χ1v) is 6.88. The zero-order valence-electron chi connectivity index (χ0n) is 10.5. The minimum absolute atomic E-state index is 0.876. The lowest BCUT2D eigenvalue weighted by atomic mass is 10.1. The molecule has 1 heterocycles. The molecular weight excluding hydrogens is 254 g/mol. The third kappa shape index (κ3) is 2.66. The summed E-state index contributed by atoms with van der Waals surface area (Å²) in [7, 11) is 1.67. The third-order valence-corrected chi connectivity index (χ3v) is 3.75. The Morgan fingerprint density at radius 3 is 2.53 bits per heavy atom. The molecule has 0 N–H and O–H groups in total. The highest BCUT2D eigenvalue weighted by molar-refractivity contribution is 7.16. The van der Waals surface area contributed by atoms with Gasteiger partial charge in [0, 0.05) is 0 Å². The average Bonchev–Trinajstić information content (AvgIpc) is 2.93. The molecule has 0 saturated carbocycles. The fourth-order valence-electron chi connectivity index (χ4n) is 1.89. The van der Waals surface area contributed by atoms with E-state index in [9.17, 15) is 0 Å². The summed E-state index contributed by atoms with van der Waals surface area (Å²) in [5, 5.41) is 0. The molecule has 0 atom stereocenters. The lowest BCUT2D eigenvalue weighted by Crippen LogP contribution is -1.81. The van der Waals surface area contributed by atoms with Gasteiger partial charge in [0.1, 0.15) is 5.75 Å². The molecule has 3 rings (SSSR count). The first-order chi connectivity index (χ1) is 9.35. The Kier molecular flexibility index (Phi) is 3.29. The molecule has 0 aliphatic carbocycles. The SMILES string of the molecule is COc1ccc(C=Cc2ccc3scnc3c2)cc1. The van der Waals surface area contributed by atoms with Crippen LogP contribution in [0, 0.1) is 0 Å². The van der Waals surface area contributed by atoms with E-state index in [4.69, 9.17) is 4.74 Å². The summed E-state index contributed by atoms with van der Waals surface area (Å²) < 4.78 is 6.36. The fraction of sp³-hybridized carbons (Fsp3) is 0.0625. The predicted octanol–water partition coefficient (Wildman–Crippen LogP) is 4.48. The molecule has 0 aliphatic heterocycles. The van der Waals surface area contributed by atoms with Crippen LogP contribution < -0.4 is 4.74 Å². The highest BCUT2D eigenvalue weighted by Crippen LogP contribution is 2.20. The largest absolute Gasteiger partial charge is 0.497 e. The van der Waals surface area contributed by atoms with Crippen molar-refractivity contribution in [3.8, 4) is 5.75 Å². The number of aromatic nitrogens is 1. The van der Waals surface area contributed by atoms with Gasteiger partial charge in [-0.1, -0.05) is 30.4 Å². The van der Waals surface area contributed by atoms with Crippen LogP contribution in [0.15, 0.2) is 48.0 Å². The lowest BCUT2D eigenvalue weighted by molar-refractivity contribution is 0.415. The number of ether oxygens (including phenoxy) is 1. The first-order valence-electron chi connectivity index (χ1n) is 6.00. The number of fused-ring (bicyclic) bond motifs is 1. The maximum Gasteiger partial charge on any atom is 0.118 e. The summed E-state index contributed by atoms with van der Waals surface area (Å²) in [5.74, 6) is 0.876. The van der Waals surface area contributed by atoms with Crippen molar-refractivity contribution in [3.63, 3.8) is 0 Å². The van der Waals surface area contributed by atoms with Crippen molar-refractivity contribution >= 4 is 33.7 Å². The van der Waals surface area contributed by atoms with E-state index in [-0.39, 0.29) is 0 Å². The van der Waals surface area contributed by atoms with Crippen LogP contribution in [-0.2, 0) is 0 Å². The molecule has 0 radical (unpaired) electrons. The number of nitrogens with zero attached hydrogens (tertiary/aromatic N) is 1. The minimum atomic E-state index is 0.876. The van der Waals surface area contributed by atoms with E-state index < -0.39 is 0 Å². The van der Waals surface area contributed by atoms with Crippen LogP contribution in [-0.4, -0.2) is 12.1 Å². The highest BCUT2D eigenvalue weighted by Gasteiger charge is 1.96. The summed E-state index contributed by atoms with van der Waals surface area (Å²) in [6, 6.07) is 14.3. The van der Waals surface area contributed by atoms with Gasteiger partial charge in [-0.15, -0.1) is 11.3 Å². The van der Waals surface area contributed by atoms with Gasteiger partial charge in [-0.3, -0.25) is 0 Å². The van der Waals surface area contributed by atoms with Crippen molar-refractivity contribution in [2.24, 2.45) is 0 Å². The number of methoxy groups -OCH3 is 1. The van der Waals surface area contributed by atoms with Crippen LogP contribution in [0.2, 0.25) is 0 Å². The van der Waals surface area contributed by atoms with E-state index >= 15 is 0 Å². The molecule has 0 bridgehead atoms. The third-order valence-electron chi connectivity index (χ3n) is 2.94. The Balaban J connectivity index is 1.84. The lowest BCUT2D eigenvalue weighted by Gasteiger charge is -1.99. The van der Waals surface area contributed by atoms with Crippen LogP contribution in [0.5, 0.6) is 5.75 Å². The number of rotatable bonds is 3. The van der Waals surface area contributed by atoms with Crippen LogP contribution in [0.4, 0.5) is 0 Å². The second-order valence-corrected chi connectivity index (χ2v) is 5.07. The average molecular weight is 267 g/mol. The molecule has 0 spiro atoms. The molecule has 3 heteroatoms. The van der Waals surface area contributed by atoms with E-state index in [0.29, 0.717) is 0 Å². The number of thiazole rings is 1. The summed E-state index contributed by atoms with van der Waals surface area (Å²) >= 11 is 1.67. The van der Waals surface area contributed by atoms with E-state index in [1.54, 1.807) is 18.4 Å². The Bertz CT molecular complexity index is 713. The predicted molar refractivity (Wildman–Crippen MR) is 81.5 cm³/mol. The normalized spacial score (nSPS) is 11.2. The maximum absolute atomic E-state index is 5.14. The minimum Gasteiger partial charge on any atom is -0.497 e. The van der Waals surface area contributed by atoms with Crippen LogP contribution in [0.25, 0.3) is 22.4 Å². The van der Waals surface area contributed by atoms with Gasteiger partial charge in [0.25, 0.3) is 0 Å². The van der Waals surface area contributed by atoms with E-state index in [2.05, 4.69) is 35.3 Å². The van der Waals surface area contributed by atoms with Crippen molar-refractivity contribution < 1.29 is 4.74 Å². The summed E-state index contributed by atoms with van der Waals surface area (Å²) in [6.07, 6.45) is 4.19. The first kappa shape index (κ1) is 11.9. The van der Waals surface area contributed by atoms with E-state index in [1.165, 1.54) is 4.70 Å². The number of hydrogen-bond acceptors (Lipinski definition) is 3. The molecule has 94 valence electrons. The fourth-order valence-corrected chi connectivity index (χ4v) is 2.54. The monoisotopic (exact) mass is 267 g/mol. The molecule has 0 saturated heterocycles. The molecule has 2 aromatic carbocycles. The van der Waals surface area contributed by atoms with Gasteiger partial charge < -0.3 is 4.74 Å². The standard InChI is InChI=1S/C16H13NOS/c1-18-14-7-4-12(5-8-14)2-3-13-6-9-16-15(10-13)17-11-19-16/h2-11H,1H3. The second kappa shape index (κ2) is 5.24. The summed E-state index contributed by atoms with van der Waals surface area (Å²) in [6.45, 7) is 0. The van der Waals surface area contributed by atoms with Gasteiger partial charge in [-0.2, -0.15) is 0 Å². The van der Waals surface area contributed by atoms with Gasteiger partial charge in [-0.05, 0) is 35.4 Å². The molecule has 3 aromatic rings. The van der Waals surface area contributed by atoms with Crippen molar-refractivity contribution in [3.05, 3.63) is 59.1 Å². The Morgan fingerprint density at radius 1 is 1.00 bits per heavy atom. The van der Waals surface area contributed by atoms with Gasteiger partial charge in [0.15, 0.2) is 0 Å². The van der Waals surface area contributed by atoms with Crippen molar-refractivity contribution in [2.45, 2.75) is 0 Å².